The number of likely N-dealkylation sites (tertiary alicyclic amines) is 1. The molecule has 0 bridgehead atoms. The van der Waals surface area contributed by atoms with E-state index < -0.39 is 126 Å². The van der Waals surface area contributed by atoms with E-state index in [9.17, 15) is 38.7 Å². The molecule has 2 aromatic rings. The number of amides is 6. The van der Waals surface area contributed by atoms with Crippen LogP contribution in [0.5, 0.6) is 5.75 Å². The van der Waals surface area contributed by atoms with Crippen LogP contribution in [0.4, 0.5) is 0 Å². The summed E-state index contributed by atoms with van der Waals surface area (Å²) in [4.78, 5) is 123. The molecule has 2 aromatic carbocycles. The number of aliphatic hydroxyl groups excluding tert-OH is 1. The number of methoxy groups -OCH3 is 1. The van der Waals surface area contributed by atoms with Gasteiger partial charge in [-0.05, 0) is 93.0 Å². The Balaban J connectivity index is 1.41. The van der Waals surface area contributed by atoms with E-state index >= 15 is 4.79 Å². The number of nitrogens with one attached hydrogen (secondary N) is 2. The maximum atomic E-state index is 15.1. The summed E-state index contributed by atoms with van der Waals surface area (Å²) in [5.41, 5.74) is 1.68. The number of likely N-dealkylation sites (N-methyl/N-ethyl adjacent to an activating group) is 2. The molecule has 4 aliphatic heterocycles. The number of fused-ring (bicyclic) bond motifs is 2. The molecule has 3 fully saturated rings. The summed E-state index contributed by atoms with van der Waals surface area (Å²) in [5, 5.41) is 17.1. The third-order valence-electron chi connectivity index (χ3n) is 14.9. The Morgan fingerprint density at radius 1 is 0.904 bits per heavy atom. The van der Waals surface area contributed by atoms with Gasteiger partial charge in [0.15, 0.2) is 6.10 Å². The number of carbonyl (C=O) groups is 8. The van der Waals surface area contributed by atoms with Crippen molar-refractivity contribution in [3.8, 4) is 5.75 Å². The number of benzene rings is 2. The molecule has 3 N–H and O–H groups in total. The fraction of sp³-hybridized carbons (Fsp3) is 0.630. The highest BCUT2D eigenvalue weighted by atomic mass is 32.2. The fourth-order valence-corrected chi connectivity index (χ4v) is 11.8. The van der Waals surface area contributed by atoms with Crippen molar-refractivity contribution in [1.29, 1.82) is 0 Å². The lowest BCUT2D eigenvalue weighted by Crippen LogP contribution is -2.61. The number of hydrogen-bond donors (Lipinski definition) is 3. The van der Waals surface area contributed by atoms with Crippen molar-refractivity contribution in [2.24, 2.45) is 17.8 Å². The molecule has 400 valence electrons. The highest BCUT2D eigenvalue weighted by Crippen LogP contribution is 2.39. The predicted molar refractivity (Wildman–Crippen MR) is 273 cm³/mol. The van der Waals surface area contributed by atoms with Gasteiger partial charge in [-0.2, -0.15) is 0 Å². The summed E-state index contributed by atoms with van der Waals surface area (Å²) >= 11 is 1.44. The van der Waals surface area contributed by atoms with E-state index in [1.165, 1.54) is 52.4 Å². The van der Waals surface area contributed by atoms with E-state index in [1.54, 1.807) is 59.0 Å². The number of aliphatic hydroxyl groups is 1. The van der Waals surface area contributed by atoms with Gasteiger partial charge in [-0.1, -0.05) is 78.3 Å². The van der Waals surface area contributed by atoms with Crippen LogP contribution in [0.2, 0.25) is 0 Å². The molecule has 3 saturated heterocycles. The zero-order valence-corrected chi connectivity index (χ0v) is 45.0. The number of nitrogens with zero attached hydrogens (tertiary/aromatic N) is 4. The Morgan fingerprint density at radius 2 is 1.59 bits per heavy atom. The van der Waals surface area contributed by atoms with Crippen molar-refractivity contribution < 1.29 is 57.7 Å². The lowest BCUT2D eigenvalue weighted by Gasteiger charge is -2.38. The first-order valence-electron chi connectivity index (χ1n) is 25.8. The maximum Gasteiger partial charge on any atom is 0.329 e. The van der Waals surface area contributed by atoms with Crippen LogP contribution < -0.4 is 15.4 Å². The minimum absolute atomic E-state index is 0.0503. The molecule has 4 aliphatic rings. The SMILES string of the molecule is CC[C@H](C)[C@H]1NC(=O)[C@@H](N2C(=O)[C@H](N(C)C(=O)C3Cc4ccccc4S3)CC2C)[C@@H](C)OC(=O)[C@H](Cc2ccc(OC)cc2)N(C)C(=O)[C@@H]2CCCN2C(=O)[C@H](CC(C)C)NC(=O)[C@H](C(C)C)OC(=O)C[C@@H]1O. The van der Waals surface area contributed by atoms with Crippen molar-refractivity contribution in [3.05, 3.63) is 59.7 Å². The topological polar surface area (TPSA) is 221 Å². The summed E-state index contributed by atoms with van der Waals surface area (Å²) in [5.74, 6) is -5.75. The monoisotopic (exact) mass is 1030 g/mol. The largest absolute Gasteiger partial charge is 0.497 e. The number of carbonyl (C=O) groups excluding carboxylic acids is 8. The molecular weight excluding hydrogens is 957 g/mol. The molecule has 0 radical (unpaired) electrons. The summed E-state index contributed by atoms with van der Waals surface area (Å²) in [7, 11) is 4.56. The summed E-state index contributed by atoms with van der Waals surface area (Å²) in [6.07, 6.45) is -3.00. The first-order valence-corrected chi connectivity index (χ1v) is 26.7. The molecule has 0 saturated carbocycles. The Hall–Kier alpha value is -5.69. The molecule has 73 heavy (non-hydrogen) atoms. The van der Waals surface area contributed by atoms with Gasteiger partial charge in [-0.15, -0.1) is 11.8 Å². The van der Waals surface area contributed by atoms with Gasteiger partial charge in [0, 0.05) is 38.0 Å². The lowest BCUT2D eigenvalue weighted by molar-refractivity contribution is -0.166. The number of esters is 2. The zero-order chi connectivity index (χ0) is 53.6. The third kappa shape index (κ3) is 13.0. The molecule has 6 amide bonds. The fourth-order valence-electron chi connectivity index (χ4n) is 10.5. The molecule has 12 atom stereocenters. The van der Waals surface area contributed by atoms with Crippen LogP contribution in [0.3, 0.4) is 0 Å². The second kappa shape index (κ2) is 24.6. The zero-order valence-electron chi connectivity index (χ0n) is 44.2. The smallest absolute Gasteiger partial charge is 0.329 e. The Kier molecular flexibility index (Phi) is 19.0. The summed E-state index contributed by atoms with van der Waals surface area (Å²) < 4.78 is 17.4. The predicted octanol–water partition coefficient (Wildman–Crippen LogP) is 3.92. The van der Waals surface area contributed by atoms with Gasteiger partial charge < -0.3 is 49.6 Å². The Morgan fingerprint density at radius 3 is 2.22 bits per heavy atom. The minimum Gasteiger partial charge on any atom is -0.497 e. The molecule has 0 spiro atoms. The third-order valence-corrected chi connectivity index (χ3v) is 16.2. The average molecular weight is 1030 g/mol. The molecule has 6 rings (SSSR count). The van der Waals surface area contributed by atoms with E-state index in [2.05, 4.69) is 10.6 Å². The first kappa shape index (κ1) is 56.6. The molecule has 18 nitrogen and oxygen atoms in total. The molecule has 0 aromatic heterocycles. The quantitative estimate of drug-likeness (QED) is 0.272. The van der Waals surface area contributed by atoms with E-state index in [1.807, 2.05) is 45.0 Å². The van der Waals surface area contributed by atoms with E-state index in [-0.39, 0.29) is 44.1 Å². The molecule has 19 heteroatoms. The van der Waals surface area contributed by atoms with Crippen LogP contribution in [0.1, 0.15) is 105 Å². The van der Waals surface area contributed by atoms with Gasteiger partial charge in [0.1, 0.15) is 42.1 Å². The Labute approximate surface area is 433 Å². The van der Waals surface area contributed by atoms with E-state index in [0.717, 1.165) is 10.5 Å². The number of hydrogen-bond acceptors (Lipinski definition) is 13. The van der Waals surface area contributed by atoms with Crippen LogP contribution in [-0.2, 0) is 60.7 Å². The molecule has 2 unspecified atom stereocenters. The summed E-state index contributed by atoms with van der Waals surface area (Å²) in [6.45, 7) is 14.2. The number of rotatable bonds is 11. The van der Waals surface area contributed by atoms with Crippen molar-refractivity contribution >= 4 is 59.1 Å². The van der Waals surface area contributed by atoms with Gasteiger partial charge in [0.05, 0.1) is 30.9 Å². The standard InChI is InChI=1S/C54H76N6O12S/c1-12-31(6)45-41(61)28-44(62)72-47(30(4)5)49(64)55-37(24-29(2)3)50(65)59-23-15-17-38(59)51(66)58(10)40(26-34-19-21-36(70-11)22-20-34)54(69)71-33(8)46(48(63)56-45)60-32(7)25-39(52(60)67)57(9)53(68)43-27-35-16-13-14-18-42(35)73-43/h13-14,16,18-22,29-33,37-41,43,45-47,61H,12,15,17,23-28H2,1-11H3,(H,55,64)(H,56,63)/t31-,32?,33+,37-,38-,39+,40-,41-,43?,45+,46-,47-/m0/s1. The minimum atomic E-state index is -1.55. The van der Waals surface area contributed by atoms with Gasteiger partial charge in [-0.25, -0.2) is 4.79 Å². The number of thioether (sulfide) groups is 1. The van der Waals surface area contributed by atoms with Gasteiger partial charge in [0.2, 0.25) is 29.5 Å². The van der Waals surface area contributed by atoms with Crippen LogP contribution in [0.25, 0.3) is 0 Å². The van der Waals surface area contributed by atoms with Gasteiger partial charge in [0.25, 0.3) is 5.91 Å². The molecule has 4 heterocycles. The highest BCUT2D eigenvalue weighted by Gasteiger charge is 2.51. The van der Waals surface area contributed by atoms with Crippen LogP contribution in [0, 0.1) is 17.8 Å². The first-order chi connectivity index (χ1) is 34.6. The second-order valence-electron chi connectivity index (χ2n) is 21.0. The van der Waals surface area contributed by atoms with E-state index in [4.69, 9.17) is 14.2 Å². The average Bonchev–Trinajstić information content (AvgIpc) is 4.10. The highest BCUT2D eigenvalue weighted by molar-refractivity contribution is 8.01. The van der Waals surface area contributed by atoms with Crippen molar-refractivity contribution in [3.63, 3.8) is 0 Å². The Bertz CT molecular complexity index is 2320. The van der Waals surface area contributed by atoms with Crippen molar-refractivity contribution in [2.45, 2.75) is 178 Å². The maximum absolute atomic E-state index is 15.1. The van der Waals surface area contributed by atoms with Crippen LogP contribution in [0.15, 0.2) is 53.4 Å². The normalized spacial score (nSPS) is 29.5. The van der Waals surface area contributed by atoms with E-state index in [0.29, 0.717) is 30.6 Å². The second-order valence-corrected chi connectivity index (χ2v) is 22.3. The van der Waals surface area contributed by atoms with Crippen molar-refractivity contribution in [2.75, 3.05) is 27.7 Å². The summed E-state index contributed by atoms with van der Waals surface area (Å²) in [6, 6.07) is 6.96. The molecule has 0 aliphatic carbocycles. The van der Waals surface area contributed by atoms with Gasteiger partial charge >= 0.3 is 11.9 Å². The lowest BCUT2D eigenvalue weighted by atomic mass is 9.92. The van der Waals surface area contributed by atoms with Crippen molar-refractivity contribution in [1.82, 2.24) is 30.2 Å². The molecular formula is C54H76N6O12S. The van der Waals surface area contributed by atoms with Crippen LogP contribution >= 0.6 is 11.8 Å². The number of cyclic esters (lactones) is 2. The van der Waals surface area contributed by atoms with Crippen LogP contribution in [-0.4, -0.2) is 166 Å². The van der Waals surface area contributed by atoms with Gasteiger partial charge in [-0.3, -0.25) is 33.6 Å². The number of ether oxygens (including phenoxy) is 3.